The number of nitrogens with one attached hydrogen (secondary N) is 1. The molecule has 5 nitrogen and oxygen atoms in total. The molecule has 0 amide bonds. The van der Waals surface area contributed by atoms with Crippen LogP contribution in [0.5, 0.6) is 0 Å². The highest BCUT2D eigenvalue weighted by Crippen LogP contribution is 2.32. The normalized spacial score (nSPS) is 15.8. The van der Waals surface area contributed by atoms with Crippen molar-refractivity contribution in [1.29, 1.82) is 0 Å². The van der Waals surface area contributed by atoms with Gasteiger partial charge in [-0.1, -0.05) is 30.3 Å². The van der Waals surface area contributed by atoms with Gasteiger partial charge in [-0.3, -0.25) is 0 Å². The van der Waals surface area contributed by atoms with Gasteiger partial charge in [0.2, 0.25) is 0 Å². The van der Waals surface area contributed by atoms with Gasteiger partial charge in [-0.25, -0.2) is 9.18 Å². The second-order valence-electron chi connectivity index (χ2n) is 10.00. The standard InChI is InChI=1S/C29H38FNO4/c1-5-34-28(33)13-10-24-16-25(30)11-12-27(24)20(2)35-19-26(32)18-31-29(3,4)17-21-14-22-8-6-7-9-23(22)15-21/h6-13,16,20-21,26,31-32H,5,14-15,17-19H2,1-4H3/b13-10+/t20-,26-/m1/s1. The maximum Gasteiger partial charge on any atom is 0.330 e. The van der Waals surface area contributed by atoms with E-state index in [1.807, 2.05) is 6.92 Å². The van der Waals surface area contributed by atoms with E-state index >= 15 is 0 Å². The minimum atomic E-state index is -0.684. The average molecular weight is 484 g/mol. The average Bonchev–Trinajstić information content (AvgIpc) is 3.21. The maximum atomic E-state index is 13.8. The lowest BCUT2D eigenvalue weighted by molar-refractivity contribution is -0.137. The van der Waals surface area contributed by atoms with Gasteiger partial charge >= 0.3 is 5.97 Å². The van der Waals surface area contributed by atoms with Crippen molar-refractivity contribution in [3.05, 3.63) is 76.6 Å². The molecule has 0 aromatic heterocycles. The van der Waals surface area contributed by atoms with Crippen molar-refractivity contribution in [2.45, 2.75) is 64.7 Å². The van der Waals surface area contributed by atoms with Crippen LogP contribution in [0.3, 0.4) is 0 Å². The van der Waals surface area contributed by atoms with Crippen molar-refractivity contribution in [1.82, 2.24) is 5.32 Å². The van der Waals surface area contributed by atoms with Crippen molar-refractivity contribution in [2.24, 2.45) is 5.92 Å². The number of hydrogen-bond acceptors (Lipinski definition) is 5. The molecule has 1 aliphatic rings. The third-order valence-corrected chi connectivity index (χ3v) is 6.46. The summed E-state index contributed by atoms with van der Waals surface area (Å²) in [6, 6.07) is 13.0. The number of rotatable bonds is 12. The van der Waals surface area contributed by atoms with Crippen LogP contribution in [0.25, 0.3) is 6.08 Å². The zero-order chi connectivity index (χ0) is 25.4. The van der Waals surface area contributed by atoms with E-state index in [2.05, 4.69) is 43.4 Å². The Labute approximate surface area is 208 Å². The molecule has 0 aliphatic heterocycles. The Kier molecular flexibility index (Phi) is 9.61. The van der Waals surface area contributed by atoms with Crippen molar-refractivity contribution in [3.8, 4) is 0 Å². The number of ether oxygens (including phenoxy) is 2. The van der Waals surface area contributed by atoms with E-state index in [1.165, 1.54) is 35.4 Å². The summed E-state index contributed by atoms with van der Waals surface area (Å²) in [4.78, 5) is 11.6. The summed E-state index contributed by atoms with van der Waals surface area (Å²) < 4.78 is 24.6. The van der Waals surface area contributed by atoms with Gasteiger partial charge in [0, 0.05) is 18.2 Å². The molecule has 2 N–H and O–H groups in total. The predicted molar refractivity (Wildman–Crippen MR) is 136 cm³/mol. The highest BCUT2D eigenvalue weighted by Gasteiger charge is 2.28. The number of benzene rings is 2. The first-order valence-electron chi connectivity index (χ1n) is 12.4. The quantitative estimate of drug-likeness (QED) is 0.328. The fourth-order valence-electron chi connectivity index (χ4n) is 4.79. The minimum Gasteiger partial charge on any atom is -0.463 e. The van der Waals surface area contributed by atoms with Crippen LogP contribution in [-0.2, 0) is 27.1 Å². The van der Waals surface area contributed by atoms with Gasteiger partial charge < -0.3 is 19.9 Å². The topological polar surface area (TPSA) is 67.8 Å². The maximum absolute atomic E-state index is 13.8. The second kappa shape index (κ2) is 12.4. The molecule has 6 heteroatoms. The summed E-state index contributed by atoms with van der Waals surface area (Å²) in [5, 5.41) is 14.0. The Morgan fingerprint density at radius 1 is 1.23 bits per heavy atom. The zero-order valence-electron chi connectivity index (χ0n) is 21.2. The molecule has 0 fully saturated rings. The fraction of sp³-hybridized carbons (Fsp3) is 0.483. The summed E-state index contributed by atoms with van der Waals surface area (Å²) >= 11 is 0. The number of fused-ring (bicyclic) bond motifs is 1. The molecule has 1 aliphatic carbocycles. The van der Waals surface area contributed by atoms with Gasteiger partial charge in [-0.2, -0.15) is 0 Å². The number of carbonyl (C=O) groups excluding carboxylic acids is 1. The van der Waals surface area contributed by atoms with E-state index in [4.69, 9.17) is 9.47 Å². The van der Waals surface area contributed by atoms with Gasteiger partial charge in [0.15, 0.2) is 0 Å². The number of carbonyl (C=O) groups is 1. The Balaban J connectivity index is 1.48. The van der Waals surface area contributed by atoms with Crippen molar-refractivity contribution >= 4 is 12.0 Å². The molecule has 190 valence electrons. The molecular weight excluding hydrogens is 445 g/mol. The molecule has 2 atom stereocenters. The second-order valence-corrected chi connectivity index (χ2v) is 10.00. The molecule has 0 unspecified atom stereocenters. The van der Waals surface area contributed by atoms with Crippen molar-refractivity contribution < 1.29 is 23.8 Å². The van der Waals surface area contributed by atoms with Crippen molar-refractivity contribution in [2.75, 3.05) is 19.8 Å². The van der Waals surface area contributed by atoms with Crippen LogP contribution in [0.4, 0.5) is 4.39 Å². The molecule has 2 aromatic rings. The van der Waals surface area contributed by atoms with Gasteiger partial charge in [0.25, 0.3) is 0 Å². The summed E-state index contributed by atoms with van der Waals surface area (Å²) in [7, 11) is 0. The first kappa shape index (κ1) is 27.1. The van der Waals surface area contributed by atoms with Gasteiger partial charge in [-0.15, -0.1) is 0 Å². The molecule has 0 saturated carbocycles. The smallest absolute Gasteiger partial charge is 0.330 e. The first-order chi connectivity index (χ1) is 16.7. The third kappa shape index (κ3) is 8.27. The Hall–Kier alpha value is -2.54. The number of aliphatic hydroxyl groups excluding tert-OH is 1. The largest absolute Gasteiger partial charge is 0.463 e. The number of halogens is 1. The molecule has 2 aromatic carbocycles. The molecule has 0 bridgehead atoms. The summed E-state index contributed by atoms with van der Waals surface area (Å²) in [6.07, 6.45) is 4.96. The number of esters is 1. The highest BCUT2D eigenvalue weighted by molar-refractivity contribution is 5.87. The fourth-order valence-corrected chi connectivity index (χ4v) is 4.79. The first-order valence-corrected chi connectivity index (χ1v) is 12.4. The van der Waals surface area contributed by atoms with E-state index in [9.17, 15) is 14.3 Å². The summed E-state index contributed by atoms with van der Waals surface area (Å²) in [5.74, 6) is -0.286. The SMILES string of the molecule is CCOC(=O)/C=C/c1cc(F)ccc1[C@@H](C)OC[C@H](O)CNC(C)(C)CC1Cc2ccccc2C1. The Bertz CT molecular complexity index is 994. The Morgan fingerprint density at radius 3 is 2.57 bits per heavy atom. The Morgan fingerprint density at radius 2 is 1.91 bits per heavy atom. The lowest BCUT2D eigenvalue weighted by Gasteiger charge is -2.31. The lowest BCUT2D eigenvalue weighted by atomic mass is 9.88. The zero-order valence-corrected chi connectivity index (χ0v) is 21.2. The van der Waals surface area contributed by atoms with Gasteiger partial charge in [0.1, 0.15) is 5.82 Å². The number of aliphatic hydroxyl groups is 1. The van der Waals surface area contributed by atoms with Crippen LogP contribution in [0.2, 0.25) is 0 Å². The van der Waals surface area contributed by atoms with E-state index < -0.39 is 24.0 Å². The number of β-amino-alcohol motifs (C(OH)–C–C–N with tert-alkyl or cyclic N) is 1. The lowest BCUT2D eigenvalue weighted by Crippen LogP contribution is -2.45. The highest BCUT2D eigenvalue weighted by atomic mass is 19.1. The molecule has 0 heterocycles. The molecule has 3 rings (SSSR count). The summed E-state index contributed by atoms with van der Waals surface area (Å²) in [5.41, 5.74) is 4.06. The van der Waals surface area contributed by atoms with Crippen LogP contribution in [-0.4, -0.2) is 42.5 Å². The monoisotopic (exact) mass is 483 g/mol. The number of hydrogen-bond donors (Lipinski definition) is 2. The molecule has 0 saturated heterocycles. The molecule has 35 heavy (non-hydrogen) atoms. The van der Waals surface area contributed by atoms with Crippen LogP contribution in [0.1, 0.15) is 62.5 Å². The van der Waals surface area contributed by atoms with E-state index in [0.29, 0.717) is 18.0 Å². The van der Waals surface area contributed by atoms with Crippen molar-refractivity contribution in [3.63, 3.8) is 0 Å². The predicted octanol–water partition coefficient (Wildman–Crippen LogP) is 5.01. The summed E-state index contributed by atoms with van der Waals surface area (Å²) in [6.45, 7) is 8.74. The van der Waals surface area contributed by atoms with E-state index in [1.54, 1.807) is 13.0 Å². The van der Waals surface area contributed by atoms with Crippen LogP contribution >= 0.6 is 0 Å². The van der Waals surface area contributed by atoms with Gasteiger partial charge in [-0.05, 0) is 93.3 Å². The van der Waals surface area contributed by atoms with Crippen LogP contribution in [0.15, 0.2) is 48.5 Å². The van der Waals surface area contributed by atoms with Gasteiger partial charge in [0.05, 0.1) is 25.4 Å². The van der Waals surface area contributed by atoms with Crippen LogP contribution < -0.4 is 5.32 Å². The molecular formula is C29H38FNO4. The van der Waals surface area contributed by atoms with E-state index in [-0.39, 0.29) is 18.8 Å². The third-order valence-electron chi connectivity index (χ3n) is 6.46. The molecule has 0 spiro atoms. The van der Waals surface area contributed by atoms with Crippen LogP contribution in [0, 0.1) is 11.7 Å². The minimum absolute atomic E-state index is 0.110. The molecule has 0 radical (unpaired) electrons. The van der Waals surface area contributed by atoms with E-state index in [0.717, 1.165) is 24.8 Å².